The van der Waals surface area contributed by atoms with Gasteiger partial charge in [0.05, 0.1) is 19.1 Å². The lowest BCUT2D eigenvalue weighted by Crippen LogP contribution is -2.71. The number of sulfonamides is 1. The van der Waals surface area contributed by atoms with Gasteiger partial charge in [-0.3, -0.25) is 19.2 Å². The van der Waals surface area contributed by atoms with Crippen LogP contribution in [-0.2, 0) is 29.1 Å². The maximum absolute atomic E-state index is 12.6. The number of hydrogen-bond acceptors (Lipinski definition) is 8. The van der Waals surface area contributed by atoms with Gasteiger partial charge in [0.1, 0.15) is 23.2 Å². The van der Waals surface area contributed by atoms with Crippen molar-refractivity contribution in [2.75, 3.05) is 23.8 Å². The number of nitrogens with two attached hydrogens (primary N) is 1. The molecule has 0 radical (unpaired) electrons. The van der Waals surface area contributed by atoms with E-state index in [0.29, 0.717) is 5.56 Å². The maximum atomic E-state index is 12.6. The number of carboxylic acid groups (broad SMARTS) is 1. The number of amides is 2. The van der Waals surface area contributed by atoms with E-state index in [2.05, 4.69) is 10.0 Å². The molecule has 3 rings (SSSR count). The molecule has 0 aromatic heterocycles. The zero-order chi connectivity index (χ0) is 22.2. The van der Waals surface area contributed by atoms with Gasteiger partial charge < -0.3 is 20.9 Å². The fourth-order valence-electron chi connectivity index (χ4n) is 3.15. The zero-order valence-corrected chi connectivity index (χ0v) is 17.6. The molecule has 0 saturated carbocycles. The molecule has 2 aliphatic rings. The lowest BCUT2D eigenvalue weighted by atomic mass is 10.0. The standard InChI is InChI=1S/C17H20N4O7S2/c1-28-10-7-29-16-12(15(23)21(16)13(10)17(24)25)19-14(22)11(18)8-4-3-5-9(6-8)20-30(2,26)27/h3-6,11-12,16,20H,7,18H2,1-2H3,(H,19,22)(H,24,25)/t11?,12-,16+/m1/s1. The summed E-state index contributed by atoms with van der Waals surface area (Å²) in [5.74, 6) is -2.10. The third-order valence-corrected chi connectivity index (χ3v) is 6.37. The van der Waals surface area contributed by atoms with E-state index in [0.717, 1.165) is 11.2 Å². The first-order valence-corrected chi connectivity index (χ1v) is 11.6. The van der Waals surface area contributed by atoms with Crippen molar-refractivity contribution < 1.29 is 32.6 Å². The molecule has 1 saturated heterocycles. The highest BCUT2D eigenvalue weighted by Crippen LogP contribution is 2.40. The van der Waals surface area contributed by atoms with Crippen molar-refractivity contribution in [3.63, 3.8) is 0 Å². The van der Waals surface area contributed by atoms with Gasteiger partial charge in [-0.25, -0.2) is 13.2 Å². The highest BCUT2D eigenvalue weighted by Gasteiger charge is 2.55. The SMILES string of the molecule is COC1=C(C(=O)O)N2C(=O)[C@@H](NC(=O)C(N)c3cccc(NS(C)(=O)=O)c3)[C@@H]2SC1. The molecule has 1 unspecified atom stereocenters. The van der Waals surface area contributed by atoms with Gasteiger partial charge in [0.2, 0.25) is 15.9 Å². The van der Waals surface area contributed by atoms with Gasteiger partial charge in [-0.1, -0.05) is 12.1 Å². The summed E-state index contributed by atoms with van der Waals surface area (Å²) in [5.41, 5.74) is 6.34. The Balaban J connectivity index is 1.72. The van der Waals surface area contributed by atoms with Crippen LogP contribution in [0.5, 0.6) is 0 Å². The molecule has 0 spiro atoms. The summed E-state index contributed by atoms with van der Waals surface area (Å²) < 4.78 is 30.1. The molecule has 1 aromatic rings. The topological polar surface area (TPSA) is 168 Å². The summed E-state index contributed by atoms with van der Waals surface area (Å²) in [4.78, 5) is 37.7. The summed E-state index contributed by atoms with van der Waals surface area (Å²) in [5, 5.41) is 11.4. The van der Waals surface area contributed by atoms with Crippen LogP contribution in [0, 0.1) is 0 Å². The molecule has 13 heteroatoms. The van der Waals surface area contributed by atoms with Gasteiger partial charge in [0, 0.05) is 5.69 Å². The minimum Gasteiger partial charge on any atom is -0.498 e. The largest absolute Gasteiger partial charge is 0.498 e. The lowest BCUT2D eigenvalue weighted by Gasteiger charge is -2.49. The lowest BCUT2D eigenvalue weighted by molar-refractivity contribution is -0.151. The van der Waals surface area contributed by atoms with Gasteiger partial charge in [-0.2, -0.15) is 0 Å². The first-order valence-electron chi connectivity index (χ1n) is 8.62. The zero-order valence-electron chi connectivity index (χ0n) is 16.0. The summed E-state index contributed by atoms with van der Waals surface area (Å²) in [6.45, 7) is 0. The summed E-state index contributed by atoms with van der Waals surface area (Å²) >= 11 is 1.26. The molecule has 5 N–H and O–H groups in total. The van der Waals surface area contributed by atoms with Crippen molar-refractivity contribution in [3.05, 3.63) is 41.3 Å². The minimum absolute atomic E-state index is 0.175. The van der Waals surface area contributed by atoms with Crippen LogP contribution in [-0.4, -0.2) is 66.7 Å². The molecule has 3 atom stereocenters. The van der Waals surface area contributed by atoms with Crippen molar-refractivity contribution in [1.82, 2.24) is 10.2 Å². The van der Waals surface area contributed by atoms with E-state index in [1.54, 1.807) is 12.1 Å². The Morgan fingerprint density at radius 1 is 1.40 bits per heavy atom. The number of carboxylic acids is 1. The number of nitrogens with zero attached hydrogens (tertiary/aromatic N) is 1. The average molecular weight is 457 g/mol. The maximum Gasteiger partial charge on any atom is 0.356 e. The van der Waals surface area contributed by atoms with Crippen LogP contribution < -0.4 is 15.8 Å². The second-order valence-electron chi connectivity index (χ2n) is 6.65. The average Bonchev–Trinajstić information content (AvgIpc) is 2.68. The van der Waals surface area contributed by atoms with Crippen LogP contribution in [0.1, 0.15) is 11.6 Å². The third kappa shape index (κ3) is 4.22. The van der Waals surface area contributed by atoms with E-state index < -0.39 is 45.3 Å². The predicted molar refractivity (Wildman–Crippen MR) is 109 cm³/mol. The van der Waals surface area contributed by atoms with E-state index >= 15 is 0 Å². The number of anilines is 1. The van der Waals surface area contributed by atoms with Crippen LogP contribution in [0.3, 0.4) is 0 Å². The van der Waals surface area contributed by atoms with E-state index in [1.165, 1.54) is 31.0 Å². The van der Waals surface area contributed by atoms with Gasteiger partial charge in [-0.05, 0) is 17.7 Å². The second-order valence-corrected chi connectivity index (χ2v) is 9.51. The number of rotatable bonds is 7. The number of benzene rings is 1. The molecule has 11 nitrogen and oxygen atoms in total. The Kier molecular flexibility index (Phi) is 5.97. The molecule has 0 aliphatic carbocycles. The van der Waals surface area contributed by atoms with Crippen molar-refractivity contribution in [2.45, 2.75) is 17.5 Å². The van der Waals surface area contributed by atoms with Crippen molar-refractivity contribution in [3.8, 4) is 0 Å². The molecule has 30 heavy (non-hydrogen) atoms. The highest BCUT2D eigenvalue weighted by molar-refractivity contribution is 8.00. The predicted octanol–water partition coefficient (Wildman–Crippen LogP) is -0.600. The van der Waals surface area contributed by atoms with E-state index in [9.17, 15) is 27.9 Å². The fraction of sp³-hybridized carbons (Fsp3) is 0.353. The van der Waals surface area contributed by atoms with Gasteiger partial charge >= 0.3 is 5.97 Å². The summed E-state index contributed by atoms with van der Waals surface area (Å²) in [6, 6.07) is 3.93. The highest BCUT2D eigenvalue weighted by atomic mass is 32.2. The number of thioether (sulfide) groups is 1. The number of nitrogens with one attached hydrogen (secondary N) is 2. The Morgan fingerprint density at radius 2 is 2.10 bits per heavy atom. The molecule has 2 aliphatic heterocycles. The number of carbonyl (C=O) groups is 3. The third-order valence-electron chi connectivity index (χ3n) is 4.51. The Morgan fingerprint density at radius 3 is 2.70 bits per heavy atom. The van der Waals surface area contributed by atoms with Gasteiger partial charge in [0.25, 0.3) is 5.91 Å². The van der Waals surface area contributed by atoms with Crippen LogP contribution in [0.25, 0.3) is 0 Å². The van der Waals surface area contributed by atoms with Crippen LogP contribution >= 0.6 is 11.8 Å². The van der Waals surface area contributed by atoms with Crippen LogP contribution in [0.2, 0.25) is 0 Å². The number of ether oxygens (including phenoxy) is 1. The first-order chi connectivity index (χ1) is 14.0. The Labute approximate surface area is 176 Å². The molecule has 1 fully saturated rings. The molecule has 0 bridgehead atoms. The quantitative estimate of drug-likeness (QED) is 0.392. The number of fused-ring (bicyclic) bond motifs is 1. The van der Waals surface area contributed by atoms with Crippen molar-refractivity contribution >= 4 is 45.3 Å². The number of β-lactam (4-membered cyclic amide) rings is 1. The van der Waals surface area contributed by atoms with E-state index in [4.69, 9.17) is 10.5 Å². The smallest absolute Gasteiger partial charge is 0.356 e. The van der Waals surface area contributed by atoms with E-state index in [-0.39, 0.29) is 22.9 Å². The molecule has 2 amide bonds. The van der Waals surface area contributed by atoms with Crippen molar-refractivity contribution in [1.29, 1.82) is 0 Å². The molecule has 1 aromatic carbocycles. The molecule has 162 valence electrons. The van der Waals surface area contributed by atoms with Crippen LogP contribution in [0.15, 0.2) is 35.7 Å². The normalized spacial score (nSPS) is 22.0. The van der Waals surface area contributed by atoms with Crippen molar-refractivity contribution in [2.24, 2.45) is 5.73 Å². The number of methoxy groups -OCH3 is 1. The summed E-state index contributed by atoms with van der Waals surface area (Å²) in [7, 11) is -2.17. The monoisotopic (exact) mass is 456 g/mol. The number of aliphatic carboxylic acids is 1. The fourth-order valence-corrected chi connectivity index (χ4v) is 5.02. The second kappa shape index (κ2) is 8.16. The Bertz CT molecular complexity index is 1040. The number of carbonyl (C=O) groups excluding carboxylic acids is 2. The summed E-state index contributed by atoms with van der Waals surface area (Å²) in [6.07, 6.45) is 0.997. The molecule has 2 heterocycles. The molecular weight excluding hydrogens is 436 g/mol. The Hall–Kier alpha value is -2.77. The first kappa shape index (κ1) is 21.9. The minimum atomic E-state index is -3.50. The van der Waals surface area contributed by atoms with Gasteiger partial charge in [0.15, 0.2) is 5.70 Å². The van der Waals surface area contributed by atoms with Gasteiger partial charge in [-0.15, -0.1) is 11.8 Å². The van der Waals surface area contributed by atoms with Crippen LogP contribution in [0.4, 0.5) is 5.69 Å². The molecular formula is C17H20N4O7S2. The van der Waals surface area contributed by atoms with E-state index in [1.807, 2.05) is 0 Å². The number of hydrogen-bond donors (Lipinski definition) is 4.